The Morgan fingerprint density at radius 2 is 2.26 bits per heavy atom. The summed E-state index contributed by atoms with van der Waals surface area (Å²) in [5, 5.41) is 3.23. The first-order chi connectivity index (χ1) is 8.97. The molecule has 4 rings (SSSR count). The Kier molecular flexibility index (Phi) is 2.79. The Hall–Kier alpha value is -1.54. The van der Waals surface area contributed by atoms with Gasteiger partial charge in [0.05, 0.1) is 11.3 Å². The minimum atomic E-state index is -2.26. The van der Waals surface area contributed by atoms with Gasteiger partial charge in [-0.15, -0.1) is 0 Å². The Balaban J connectivity index is 1.88. The first-order valence-electron chi connectivity index (χ1n) is 5.97. The molecule has 0 aliphatic heterocycles. The van der Waals surface area contributed by atoms with Crippen molar-refractivity contribution in [1.82, 2.24) is 9.97 Å². The van der Waals surface area contributed by atoms with E-state index in [2.05, 4.69) is 15.3 Å². The lowest BCUT2D eigenvalue weighted by Gasteiger charge is -2.62. The molecule has 0 aromatic carbocycles. The molecule has 8 heteroatoms. The number of anilines is 1. The molecule has 102 valence electrons. The van der Waals surface area contributed by atoms with Crippen molar-refractivity contribution in [2.45, 2.75) is 30.6 Å². The van der Waals surface area contributed by atoms with E-state index in [0.29, 0.717) is 5.82 Å². The average Bonchev–Trinajstić information content (AvgIpc) is 2.20. The van der Waals surface area contributed by atoms with E-state index in [-0.39, 0.29) is 22.7 Å². The first kappa shape index (κ1) is 12.5. The lowest BCUT2D eigenvalue weighted by atomic mass is 9.50. The molecule has 7 nitrogen and oxygen atoms in total. The highest BCUT2D eigenvalue weighted by molar-refractivity contribution is 7.78. The monoisotopic (exact) mass is 281 g/mol. The maximum absolute atomic E-state index is 11.3. The third kappa shape index (κ3) is 2.21. The SMILES string of the molecule is NC(=O)c1cnc(CS(=O)[O-])nc1NC12CC(C1)C2. The molecule has 1 heterocycles. The smallest absolute Gasteiger partial charge is 0.254 e. The van der Waals surface area contributed by atoms with E-state index >= 15 is 0 Å². The number of carbonyl (C=O) groups is 1. The summed E-state index contributed by atoms with van der Waals surface area (Å²) in [5.41, 5.74) is 5.50. The van der Waals surface area contributed by atoms with Crippen molar-refractivity contribution in [2.75, 3.05) is 5.32 Å². The van der Waals surface area contributed by atoms with Gasteiger partial charge < -0.3 is 15.6 Å². The Bertz CT molecular complexity index is 560. The van der Waals surface area contributed by atoms with Gasteiger partial charge in [0.25, 0.3) is 5.91 Å². The van der Waals surface area contributed by atoms with Gasteiger partial charge >= 0.3 is 0 Å². The molecule has 1 aromatic heterocycles. The molecule has 1 aromatic rings. The zero-order valence-corrected chi connectivity index (χ0v) is 10.9. The Morgan fingerprint density at radius 3 is 2.74 bits per heavy atom. The van der Waals surface area contributed by atoms with Gasteiger partial charge in [-0.3, -0.25) is 9.00 Å². The van der Waals surface area contributed by atoms with Gasteiger partial charge in [-0.25, -0.2) is 9.97 Å². The maximum Gasteiger partial charge on any atom is 0.254 e. The molecule has 3 fully saturated rings. The lowest BCUT2D eigenvalue weighted by Crippen LogP contribution is -2.63. The number of nitrogens with two attached hydrogens (primary N) is 1. The van der Waals surface area contributed by atoms with Gasteiger partial charge in [-0.2, -0.15) is 0 Å². The van der Waals surface area contributed by atoms with Crippen molar-refractivity contribution in [2.24, 2.45) is 11.7 Å². The van der Waals surface area contributed by atoms with Gasteiger partial charge in [0, 0.05) is 11.7 Å². The zero-order valence-electron chi connectivity index (χ0n) is 10.1. The van der Waals surface area contributed by atoms with E-state index < -0.39 is 17.0 Å². The largest absolute Gasteiger partial charge is 0.772 e. The summed E-state index contributed by atoms with van der Waals surface area (Å²) in [6.45, 7) is 0. The van der Waals surface area contributed by atoms with Crippen LogP contribution in [0.25, 0.3) is 0 Å². The predicted molar refractivity (Wildman–Crippen MR) is 66.9 cm³/mol. The number of amides is 1. The second kappa shape index (κ2) is 4.24. The summed E-state index contributed by atoms with van der Waals surface area (Å²) in [4.78, 5) is 19.3. The van der Waals surface area contributed by atoms with Crippen LogP contribution in [-0.4, -0.2) is 30.2 Å². The molecular weight excluding hydrogens is 268 g/mol. The molecule has 3 aliphatic rings. The molecule has 1 amide bonds. The van der Waals surface area contributed by atoms with E-state index in [1.54, 1.807) is 0 Å². The molecule has 3 saturated carbocycles. The van der Waals surface area contributed by atoms with Crippen LogP contribution in [0, 0.1) is 5.92 Å². The van der Waals surface area contributed by atoms with E-state index in [1.165, 1.54) is 6.20 Å². The number of rotatable bonds is 5. The van der Waals surface area contributed by atoms with Crippen LogP contribution in [0.5, 0.6) is 0 Å². The topological polar surface area (TPSA) is 121 Å². The molecule has 2 bridgehead atoms. The van der Waals surface area contributed by atoms with Crippen LogP contribution in [0.15, 0.2) is 6.20 Å². The van der Waals surface area contributed by atoms with Crippen LogP contribution in [0.2, 0.25) is 0 Å². The fourth-order valence-corrected chi connectivity index (χ4v) is 3.10. The van der Waals surface area contributed by atoms with Crippen molar-refractivity contribution < 1.29 is 13.6 Å². The Labute approximate surface area is 112 Å². The van der Waals surface area contributed by atoms with E-state index in [0.717, 1.165) is 25.2 Å². The minimum Gasteiger partial charge on any atom is -0.772 e. The summed E-state index contributed by atoms with van der Waals surface area (Å²) in [6, 6.07) is 0. The molecule has 3 aliphatic carbocycles. The number of hydrogen-bond donors (Lipinski definition) is 2. The molecule has 0 spiro atoms. The molecule has 3 N–H and O–H groups in total. The summed E-state index contributed by atoms with van der Waals surface area (Å²) in [5.74, 6) is 0.390. The standard InChI is InChI=1S/C11H14N4O3S/c12-9(16)7-4-13-8(5-19(17)18)14-10(7)15-11-1-6(2-11)3-11/h4,6H,1-3,5H2,(H2,12,16)(H,17,18)(H,13,14,15)/p-1. The number of nitrogens with one attached hydrogen (secondary N) is 1. The van der Waals surface area contributed by atoms with Gasteiger partial charge in [-0.1, -0.05) is 0 Å². The number of hydrogen-bond acceptors (Lipinski definition) is 6. The second-order valence-corrected chi connectivity index (χ2v) is 6.14. The lowest BCUT2D eigenvalue weighted by molar-refractivity contribution is 0.00175. The molecule has 1 atom stereocenters. The van der Waals surface area contributed by atoms with Crippen molar-refractivity contribution in [3.8, 4) is 0 Å². The van der Waals surface area contributed by atoms with Gasteiger partial charge in [0.2, 0.25) is 0 Å². The summed E-state index contributed by atoms with van der Waals surface area (Å²) in [6.07, 6.45) is 4.49. The van der Waals surface area contributed by atoms with Crippen LogP contribution < -0.4 is 11.1 Å². The van der Waals surface area contributed by atoms with Crippen molar-refractivity contribution >= 4 is 22.8 Å². The van der Waals surface area contributed by atoms with Crippen LogP contribution in [0.1, 0.15) is 35.4 Å². The van der Waals surface area contributed by atoms with E-state index in [4.69, 9.17) is 5.73 Å². The van der Waals surface area contributed by atoms with Crippen molar-refractivity contribution in [1.29, 1.82) is 0 Å². The highest BCUT2D eigenvalue weighted by atomic mass is 32.2. The third-order valence-electron chi connectivity index (χ3n) is 3.77. The molecular formula is C11H13N4O3S-. The fourth-order valence-electron chi connectivity index (χ4n) is 2.75. The average molecular weight is 281 g/mol. The summed E-state index contributed by atoms with van der Waals surface area (Å²) in [7, 11) is 0. The van der Waals surface area contributed by atoms with Crippen molar-refractivity contribution in [3.63, 3.8) is 0 Å². The Morgan fingerprint density at radius 1 is 1.58 bits per heavy atom. The number of carbonyl (C=O) groups excluding carboxylic acids is 1. The molecule has 0 saturated heterocycles. The maximum atomic E-state index is 11.3. The molecule has 1 unspecified atom stereocenters. The van der Waals surface area contributed by atoms with Crippen LogP contribution in [-0.2, 0) is 16.8 Å². The summed E-state index contributed by atoms with van der Waals surface area (Å²) >= 11 is -2.26. The first-order valence-corrected chi connectivity index (χ1v) is 7.22. The summed E-state index contributed by atoms with van der Waals surface area (Å²) < 4.78 is 21.3. The quantitative estimate of drug-likeness (QED) is 0.728. The predicted octanol–water partition coefficient (Wildman–Crippen LogP) is -0.0810. The number of aromatic nitrogens is 2. The normalized spacial score (nSPS) is 29.0. The van der Waals surface area contributed by atoms with Crippen LogP contribution >= 0.6 is 0 Å². The minimum absolute atomic E-state index is 0.0249. The second-order valence-electron chi connectivity index (χ2n) is 5.24. The van der Waals surface area contributed by atoms with Gasteiger partial charge in [0.15, 0.2) is 0 Å². The molecule has 0 radical (unpaired) electrons. The highest BCUT2D eigenvalue weighted by Crippen LogP contribution is 2.58. The van der Waals surface area contributed by atoms with E-state index in [1.807, 2.05) is 0 Å². The van der Waals surface area contributed by atoms with E-state index in [9.17, 15) is 13.6 Å². The van der Waals surface area contributed by atoms with Gasteiger partial charge in [-0.05, 0) is 36.3 Å². The fraction of sp³-hybridized carbons (Fsp3) is 0.545. The van der Waals surface area contributed by atoms with Crippen LogP contribution in [0.3, 0.4) is 0 Å². The number of primary amides is 1. The zero-order chi connectivity index (χ0) is 13.6. The number of nitrogens with zero attached hydrogens (tertiary/aromatic N) is 2. The highest BCUT2D eigenvalue weighted by Gasteiger charge is 2.57. The van der Waals surface area contributed by atoms with Gasteiger partial charge in [0.1, 0.15) is 11.6 Å². The van der Waals surface area contributed by atoms with Crippen molar-refractivity contribution in [3.05, 3.63) is 17.6 Å². The van der Waals surface area contributed by atoms with Crippen LogP contribution in [0.4, 0.5) is 5.82 Å². The molecule has 19 heavy (non-hydrogen) atoms. The third-order valence-corrected chi connectivity index (χ3v) is 4.27.